The molecule has 3 heterocycles. The number of aliphatic hydroxyl groups excluding tert-OH is 2. The number of nitrogens with one attached hydrogen (secondary N) is 1. The second-order valence-corrected chi connectivity index (χ2v) is 9.18. The maximum atomic E-state index is 13.8. The van der Waals surface area contributed by atoms with Gasteiger partial charge in [0.05, 0.1) is 19.4 Å². The molecule has 38 heavy (non-hydrogen) atoms. The van der Waals surface area contributed by atoms with Crippen LogP contribution in [0, 0.1) is 0 Å². The first kappa shape index (κ1) is 25.4. The third kappa shape index (κ3) is 4.73. The van der Waals surface area contributed by atoms with Gasteiger partial charge in [0.25, 0.3) is 11.8 Å². The highest BCUT2D eigenvalue weighted by Crippen LogP contribution is 2.31. The number of fused-ring (bicyclic) bond motifs is 1. The van der Waals surface area contributed by atoms with Crippen LogP contribution >= 0.6 is 0 Å². The molecule has 198 valence electrons. The summed E-state index contributed by atoms with van der Waals surface area (Å²) in [6, 6.07) is 14.2. The molecule has 3 amide bonds. The van der Waals surface area contributed by atoms with Gasteiger partial charge in [-0.05, 0) is 67.8 Å². The predicted octanol–water partition coefficient (Wildman–Crippen LogP) is 1.64. The lowest BCUT2D eigenvalue weighted by atomic mass is 10.0. The molecule has 1 unspecified atom stereocenters. The lowest BCUT2D eigenvalue weighted by Crippen LogP contribution is -2.40. The van der Waals surface area contributed by atoms with Crippen molar-refractivity contribution < 1.29 is 29.3 Å². The van der Waals surface area contributed by atoms with E-state index in [2.05, 4.69) is 10.4 Å². The minimum absolute atomic E-state index is 0.00952. The van der Waals surface area contributed by atoms with Crippen molar-refractivity contribution in [1.82, 2.24) is 15.1 Å². The Kier molecular flexibility index (Phi) is 7.12. The van der Waals surface area contributed by atoms with E-state index in [1.165, 1.54) is 4.68 Å². The highest BCUT2D eigenvalue weighted by molar-refractivity contribution is 6.10. The maximum Gasteiger partial charge on any atom is 0.277 e. The number of aromatic nitrogens is 2. The Bertz CT molecular complexity index is 1350. The van der Waals surface area contributed by atoms with Crippen LogP contribution in [0.4, 0.5) is 11.4 Å². The number of rotatable bonds is 7. The molecule has 3 N–H and O–H groups in total. The van der Waals surface area contributed by atoms with E-state index in [-0.39, 0.29) is 23.2 Å². The van der Waals surface area contributed by atoms with E-state index in [9.17, 15) is 19.5 Å². The van der Waals surface area contributed by atoms with Crippen molar-refractivity contribution in [2.24, 2.45) is 0 Å². The number of methoxy groups -OCH3 is 1. The fourth-order valence-electron chi connectivity index (χ4n) is 4.86. The summed E-state index contributed by atoms with van der Waals surface area (Å²) in [4.78, 5) is 42.4. The summed E-state index contributed by atoms with van der Waals surface area (Å²) in [6.07, 6.45) is 1.29. The molecule has 0 bridgehead atoms. The predicted molar refractivity (Wildman–Crippen MR) is 139 cm³/mol. The van der Waals surface area contributed by atoms with Crippen molar-refractivity contribution in [3.8, 4) is 11.4 Å². The number of nitrogens with zero attached hydrogens (tertiary/aromatic N) is 4. The Morgan fingerprint density at radius 3 is 2.26 bits per heavy atom. The number of amides is 3. The highest BCUT2D eigenvalue weighted by Gasteiger charge is 2.35. The largest absolute Gasteiger partial charge is 0.497 e. The van der Waals surface area contributed by atoms with Crippen molar-refractivity contribution in [2.45, 2.75) is 31.9 Å². The van der Waals surface area contributed by atoms with Crippen LogP contribution in [0.15, 0.2) is 48.5 Å². The zero-order valence-corrected chi connectivity index (χ0v) is 21.0. The Balaban J connectivity index is 1.50. The number of piperidine rings is 1. The van der Waals surface area contributed by atoms with E-state index in [0.717, 1.165) is 18.5 Å². The first-order valence-corrected chi connectivity index (χ1v) is 12.5. The molecule has 1 fully saturated rings. The van der Waals surface area contributed by atoms with E-state index in [0.29, 0.717) is 48.6 Å². The third-order valence-corrected chi connectivity index (χ3v) is 6.82. The second-order valence-electron chi connectivity index (χ2n) is 9.18. The molecule has 11 nitrogen and oxygen atoms in total. The molecule has 2 aliphatic heterocycles. The normalized spacial score (nSPS) is 16.3. The number of carbonyl (C=O) groups is 3. The summed E-state index contributed by atoms with van der Waals surface area (Å²) in [5, 5.41) is 25.6. The summed E-state index contributed by atoms with van der Waals surface area (Å²) in [7, 11) is 1.55. The number of aliphatic hydroxyl groups is 2. The molecule has 0 aliphatic carbocycles. The maximum absolute atomic E-state index is 13.8. The Morgan fingerprint density at radius 2 is 1.63 bits per heavy atom. The summed E-state index contributed by atoms with van der Waals surface area (Å²) in [6.45, 7) is 0.338. The van der Waals surface area contributed by atoms with Crippen molar-refractivity contribution in [2.75, 3.05) is 36.6 Å². The van der Waals surface area contributed by atoms with Gasteiger partial charge in [-0.2, -0.15) is 5.10 Å². The highest BCUT2D eigenvalue weighted by atomic mass is 16.5. The fraction of sp³-hybridized carbons (Fsp3) is 0.333. The second kappa shape index (κ2) is 10.6. The molecular formula is C27H29N5O6. The van der Waals surface area contributed by atoms with Crippen molar-refractivity contribution >= 4 is 29.1 Å². The molecule has 1 aromatic heterocycles. The summed E-state index contributed by atoms with van der Waals surface area (Å²) < 4.78 is 6.65. The van der Waals surface area contributed by atoms with E-state index < -0.39 is 18.7 Å². The standard InChI is InChI=1S/C27H29N5O6/c1-38-20-11-9-19(10-12-20)32-25-21(24(29-32)26(36)28-22(34)16-33)13-15-31(27(25)37)18-7-5-17(6-8-18)30-14-3-2-4-23(30)35/h5-12,22,33-34H,2-4,13-16H2,1H3,(H,28,36). The summed E-state index contributed by atoms with van der Waals surface area (Å²) in [5.41, 5.74) is 2.72. The van der Waals surface area contributed by atoms with E-state index in [1.54, 1.807) is 41.2 Å². The molecule has 3 aromatic rings. The average Bonchev–Trinajstić information content (AvgIpc) is 3.34. The monoisotopic (exact) mass is 519 g/mol. The zero-order valence-electron chi connectivity index (χ0n) is 21.0. The van der Waals surface area contributed by atoms with Crippen LogP contribution in [-0.2, 0) is 11.2 Å². The van der Waals surface area contributed by atoms with Crippen LogP contribution in [-0.4, -0.2) is 70.7 Å². The SMILES string of the molecule is COc1ccc(-n2nc(C(=O)NC(O)CO)c3c2C(=O)N(c2ccc(N4CCCCC4=O)cc2)CC3)cc1. The summed E-state index contributed by atoms with van der Waals surface area (Å²) in [5.74, 6) is -0.299. The van der Waals surface area contributed by atoms with Gasteiger partial charge < -0.3 is 30.1 Å². The smallest absolute Gasteiger partial charge is 0.277 e. The number of hydrogen-bond donors (Lipinski definition) is 3. The van der Waals surface area contributed by atoms with Gasteiger partial charge in [-0.25, -0.2) is 4.68 Å². The molecular weight excluding hydrogens is 490 g/mol. The first-order valence-electron chi connectivity index (χ1n) is 12.5. The van der Waals surface area contributed by atoms with Gasteiger partial charge in [0.1, 0.15) is 17.7 Å². The first-order chi connectivity index (χ1) is 18.4. The average molecular weight is 520 g/mol. The molecule has 5 rings (SSSR count). The Labute approximate surface area is 219 Å². The molecule has 11 heteroatoms. The number of ether oxygens (including phenoxy) is 1. The topological polar surface area (TPSA) is 137 Å². The van der Waals surface area contributed by atoms with Gasteiger partial charge in [-0.3, -0.25) is 14.4 Å². The van der Waals surface area contributed by atoms with Crippen molar-refractivity contribution in [3.63, 3.8) is 0 Å². The van der Waals surface area contributed by atoms with Crippen LogP contribution < -0.4 is 19.9 Å². The molecule has 0 saturated carbocycles. The number of anilines is 2. The van der Waals surface area contributed by atoms with Crippen molar-refractivity contribution in [1.29, 1.82) is 0 Å². The van der Waals surface area contributed by atoms with Gasteiger partial charge in [-0.1, -0.05) is 0 Å². The minimum Gasteiger partial charge on any atom is -0.497 e. The van der Waals surface area contributed by atoms with Gasteiger partial charge in [-0.15, -0.1) is 0 Å². The number of hydrogen-bond acceptors (Lipinski definition) is 7. The van der Waals surface area contributed by atoms with Crippen LogP contribution in [0.5, 0.6) is 5.75 Å². The molecule has 2 aromatic carbocycles. The fourth-order valence-corrected chi connectivity index (χ4v) is 4.86. The van der Waals surface area contributed by atoms with Crippen LogP contribution in [0.25, 0.3) is 5.69 Å². The Hall–Kier alpha value is -4.22. The van der Waals surface area contributed by atoms with Crippen LogP contribution in [0.2, 0.25) is 0 Å². The lowest BCUT2D eigenvalue weighted by molar-refractivity contribution is -0.119. The van der Waals surface area contributed by atoms with E-state index in [4.69, 9.17) is 9.84 Å². The van der Waals surface area contributed by atoms with Crippen LogP contribution in [0.1, 0.15) is 45.8 Å². The quantitative estimate of drug-likeness (QED) is 0.404. The third-order valence-electron chi connectivity index (χ3n) is 6.82. The number of carbonyl (C=O) groups excluding carboxylic acids is 3. The molecule has 0 spiro atoms. The van der Waals surface area contributed by atoms with Crippen molar-refractivity contribution in [3.05, 3.63) is 65.5 Å². The van der Waals surface area contributed by atoms with Gasteiger partial charge in [0.15, 0.2) is 5.69 Å². The van der Waals surface area contributed by atoms with Crippen LogP contribution in [0.3, 0.4) is 0 Å². The summed E-state index contributed by atoms with van der Waals surface area (Å²) >= 11 is 0. The Morgan fingerprint density at radius 1 is 0.974 bits per heavy atom. The lowest BCUT2D eigenvalue weighted by Gasteiger charge is -2.29. The van der Waals surface area contributed by atoms with E-state index in [1.807, 2.05) is 24.3 Å². The van der Waals surface area contributed by atoms with Gasteiger partial charge in [0.2, 0.25) is 5.91 Å². The number of benzene rings is 2. The molecule has 2 aliphatic rings. The molecule has 1 atom stereocenters. The zero-order chi connectivity index (χ0) is 26.8. The van der Waals surface area contributed by atoms with Gasteiger partial charge >= 0.3 is 0 Å². The van der Waals surface area contributed by atoms with Gasteiger partial charge in [0, 0.05) is 36.4 Å². The molecule has 0 radical (unpaired) electrons. The molecule has 1 saturated heterocycles. The minimum atomic E-state index is -1.45. The van der Waals surface area contributed by atoms with E-state index >= 15 is 0 Å².